The molecule has 0 fully saturated rings. The maximum absolute atomic E-state index is 11.9. The van der Waals surface area contributed by atoms with E-state index in [1.807, 2.05) is 0 Å². The molecule has 8 heteroatoms. The Labute approximate surface area is 108 Å². The molecular weight excluding hydrogens is 278 g/mol. The molecule has 0 unspecified atom stereocenters. The number of H-pyrrole nitrogens is 1. The van der Waals surface area contributed by atoms with Crippen molar-refractivity contribution >= 4 is 27.4 Å². The number of nitrogens with zero attached hydrogens (tertiary/aromatic N) is 1. The molecule has 0 atom stereocenters. The van der Waals surface area contributed by atoms with Gasteiger partial charge in [0.2, 0.25) is 5.43 Å². The van der Waals surface area contributed by atoms with E-state index in [-0.39, 0.29) is 15.9 Å². The molecule has 0 aromatic carbocycles. The average Bonchev–Trinajstić information content (AvgIpc) is 2.28. The van der Waals surface area contributed by atoms with Gasteiger partial charge in [-0.05, 0) is 12.1 Å². The molecule has 0 aliphatic carbocycles. The number of anilines is 1. The number of aromatic nitrogens is 2. The van der Waals surface area contributed by atoms with Gasteiger partial charge in [-0.25, -0.2) is 13.4 Å². The summed E-state index contributed by atoms with van der Waals surface area (Å²) in [6.45, 7) is 0. The van der Waals surface area contributed by atoms with Gasteiger partial charge in [-0.2, -0.15) is 0 Å². The Balaban J connectivity index is 2.40. The molecule has 0 aliphatic heterocycles. The highest BCUT2D eigenvalue weighted by Crippen LogP contribution is 2.13. The Morgan fingerprint density at radius 2 is 2.06 bits per heavy atom. The van der Waals surface area contributed by atoms with Gasteiger partial charge in [0, 0.05) is 18.5 Å². The Hall–Kier alpha value is -1.86. The Kier molecular flexibility index (Phi) is 3.35. The molecule has 0 aliphatic rings. The van der Waals surface area contributed by atoms with E-state index in [0.717, 1.165) is 12.3 Å². The van der Waals surface area contributed by atoms with Gasteiger partial charge in [-0.1, -0.05) is 17.7 Å². The van der Waals surface area contributed by atoms with Crippen LogP contribution >= 0.6 is 11.6 Å². The van der Waals surface area contributed by atoms with E-state index in [1.165, 1.54) is 18.3 Å². The van der Waals surface area contributed by atoms with Gasteiger partial charge in [-0.3, -0.25) is 9.52 Å². The third-order valence-electron chi connectivity index (χ3n) is 2.03. The smallest absolute Gasteiger partial charge is 0.268 e. The first-order valence-corrected chi connectivity index (χ1v) is 6.68. The summed E-state index contributed by atoms with van der Waals surface area (Å²) in [5, 5.41) is 0.150. The van der Waals surface area contributed by atoms with Crippen LogP contribution in [0.25, 0.3) is 0 Å². The van der Waals surface area contributed by atoms with Crippen LogP contribution in [0.4, 0.5) is 5.82 Å². The van der Waals surface area contributed by atoms with Gasteiger partial charge in [-0.15, -0.1) is 0 Å². The number of sulfonamides is 1. The summed E-state index contributed by atoms with van der Waals surface area (Å²) in [5.41, 5.74) is -0.608. The lowest BCUT2D eigenvalue weighted by Crippen LogP contribution is -2.21. The number of pyridine rings is 2. The van der Waals surface area contributed by atoms with Crippen LogP contribution in [-0.4, -0.2) is 18.4 Å². The van der Waals surface area contributed by atoms with Crippen LogP contribution in [0.15, 0.2) is 46.3 Å². The zero-order valence-corrected chi connectivity index (χ0v) is 10.5. The number of rotatable bonds is 3. The van der Waals surface area contributed by atoms with Gasteiger partial charge in [0.15, 0.2) is 4.90 Å². The lowest BCUT2D eigenvalue weighted by atomic mass is 10.5. The van der Waals surface area contributed by atoms with Crippen molar-refractivity contribution in [1.29, 1.82) is 0 Å². The van der Waals surface area contributed by atoms with Crippen LogP contribution in [0.1, 0.15) is 0 Å². The van der Waals surface area contributed by atoms with Crippen molar-refractivity contribution in [3.8, 4) is 0 Å². The first-order valence-electron chi connectivity index (χ1n) is 4.81. The maximum atomic E-state index is 11.9. The van der Waals surface area contributed by atoms with Gasteiger partial charge in [0.1, 0.15) is 11.0 Å². The summed E-state index contributed by atoms with van der Waals surface area (Å²) in [4.78, 5) is 17.4. The van der Waals surface area contributed by atoms with Gasteiger partial charge in [0.05, 0.1) is 0 Å². The number of hydrogen-bond donors (Lipinski definition) is 2. The molecular formula is C10H8ClN3O3S. The molecule has 6 nitrogen and oxygen atoms in total. The summed E-state index contributed by atoms with van der Waals surface area (Å²) >= 11 is 5.64. The lowest BCUT2D eigenvalue weighted by Gasteiger charge is -2.06. The summed E-state index contributed by atoms with van der Waals surface area (Å²) in [6.07, 6.45) is 2.45. The molecule has 94 valence electrons. The minimum absolute atomic E-state index is 0.0470. The highest BCUT2D eigenvalue weighted by Gasteiger charge is 2.18. The van der Waals surface area contributed by atoms with Crippen molar-refractivity contribution in [2.75, 3.05) is 4.72 Å². The van der Waals surface area contributed by atoms with Crippen LogP contribution in [0.3, 0.4) is 0 Å². The topological polar surface area (TPSA) is 91.9 Å². The third kappa shape index (κ3) is 2.69. The minimum Gasteiger partial charge on any atom is -0.366 e. The van der Waals surface area contributed by atoms with Gasteiger partial charge >= 0.3 is 0 Å². The van der Waals surface area contributed by atoms with Crippen LogP contribution < -0.4 is 10.2 Å². The predicted octanol–water partition coefficient (Wildman–Crippen LogP) is 1.22. The van der Waals surface area contributed by atoms with E-state index >= 15 is 0 Å². The molecule has 0 saturated heterocycles. The van der Waals surface area contributed by atoms with Crippen LogP contribution in [0.2, 0.25) is 5.15 Å². The molecule has 0 amide bonds. The predicted molar refractivity (Wildman–Crippen MR) is 67.1 cm³/mol. The van der Waals surface area contributed by atoms with E-state index in [1.54, 1.807) is 6.07 Å². The highest BCUT2D eigenvalue weighted by atomic mass is 35.5. The monoisotopic (exact) mass is 285 g/mol. The average molecular weight is 286 g/mol. The largest absolute Gasteiger partial charge is 0.366 e. The van der Waals surface area contributed by atoms with E-state index in [2.05, 4.69) is 14.7 Å². The summed E-state index contributed by atoms with van der Waals surface area (Å²) in [6, 6.07) is 5.61. The fourth-order valence-electron chi connectivity index (χ4n) is 1.27. The fraction of sp³-hybridized carbons (Fsp3) is 0. The number of halogens is 1. The Morgan fingerprint density at radius 3 is 2.72 bits per heavy atom. The molecule has 2 N–H and O–H groups in total. The highest BCUT2D eigenvalue weighted by molar-refractivity contribution is 7.92. The second kappa shape index (κ2) is 4.79. The summed E-state index contributed by atoms with van der Waals surface area (Å²) in [5.74, 6) is 0.0470. The number of aromatic amines is 1. The normalized spacial score (nSPS) is 11.2. The quantitative estimate of drug-likeness (QED) is 0.830. The van der Waals surface area contributed by atoms with Crippen LogP contribution in [0, 0.1) is 0 Å². The molecule has 2 heterocycles. The van der Waals surface area contributed by atoms with Crippen molar-refractivity contribution in [1.82, 2.24) is 9.97 Å². The molecule has 0 saturated carbocycles. The van der Waals surface area contributed by atoms with Crippen LogP contribution in [-0.2, 0) is 10.0 Å². The maximum Gasteiger partial charge on any atom is 0.268 e. The SMILES string of the molecule is O=c1cc[nH]cc1S(=O)(=O)Nc1cccc(Cl)n1. The first-order chi connectivity index (χ1) is 8.49. The van der Waals surface area contributed by atoms with E-state index in [4.69, 9.17) is 11.6 Å². The first kappa shape index (κ1) is 12.6. The third-order valence-corrected chi connectivity index (χ3v) is 3.62. The van der Waals surface area contributed by atoms with Crippen molar-refractivity contribution in [3.63, 3.8) is 0 Å². The van der Waals surface area contributed by atoms with Gasteiger partial charge in [0.25, 0.3) is 10.0 Å². The van der Waals surface area contributed by atoms with Crippen molar-refractivity contribution < 1.29 is 8.42 Å². The molecule has 0 spiro atoms. The van der Waals surface area contributed by atoms with Crippen molar-refractivity contribution in [3.05, 3.63) is 52.0 Å². The summed E-state index contributed by atoms with van der Waals surface area (Å²) < 4.78 is 26.0. The van der Waals surface area contributed by atoms with E-state index < -0.39 is 15.5 Å². The van der Waals surface area contributed by atoms with E-state index in [9.17, 15) is 13.2 Å². The zero-order chi connectivity index (χ0) is 13.2. The molecule has 0 bridgehead atoms. The summed E-state index contributed by atoms with van der Waals surface area (Å²) in [7, 11) is -3.98. The standard InChI is InChI=1S/C10H8ClN3O3S/c11-9-2-1-3-10(13-9)14-18(16,17)8-6-12-5-4-7(8)15/h1-6H,(H,12,15)(H,13,14). The van der Waals surface area contributed by atoms with Crippen molar-refractivity contribution in [2.45, 2.75) is 4.90 Å². The Morgan fingerprint density at radius 1 is 1.28 bits per heavy atom. The second-order valence-corrected chi connectivity index (χ2v) is 5.36. The molecule has 2 rings (SSSR count). The lowest BCUT2D eigenvalue weighted by molar-refractivity contribution is 0.600. The zero-order valence-electron chi connectivity index (χ0n) is 8.92. The molecule has 0 radical (unpaired) electrons. The fourth-order valence-corrected chi connectivity index (χ4v) is 2.49. The van der Waals surface area contributed by atoms with E-state index in [0.29, 0.717) is 0 Å². The molecule has 18 heavy (non-hydrogen) atoms. The molecule has 2 aromatic heterocycles. The number of nitrogens with one attached hydrogen (secondary N) is 2. The molecule has 2 aromatic rings. The Bertz CT molecular complexity index is 727. The van der Waals surface area contributed by atoms with Gasteiger partial charge < -0.3 is 4.98 Å². The van der Waals surface area contributed by atoms with Crippen molar-refractivity contribution in [2.24, 2.45) is 0 Å². The number of hydrogen-bond acceptors (Lipinski definition) is 4. The second-order valence-electron chi connectivity index (χ2n) is 3.32. The van der Waals surface area contributed by atoms with Crippen LogP contribution in [0.5, 0.6) is 0 Å². The minimum atomic E-state index is -3.98.